The van der Waals surface area contributed by atoms with Gasteiger partial charge in [-0.1, -0.05) is 42.5 Å². The van der Waals surface area contributed by atoms with E-state index in [1.807, 2.05) is 30.3 Å². The summed E-state index contributed by atoms with van der Waals surface area (Å²) in [5.74, 6) is 1.69. The van der Waals surface area contributed by atoms with Crippen LogP contribution in [0.25, 0.3) is 0 Å². The van der Waals surface area contributed by atoms with Crippen molar-refractivity contribution in [3.63, 3.8) is 0 Å². The summed E-state index contributed by atoms with van der Waals surface area (Å²) in [5.41, 5.74) is 2.46. The minimum atomic E-state index is 0.559. The summed E-state index contributed by atoms with van der Waals surface area (Å²) >= 11 is 0. The number of benzene rings is 2. The molecule has 0 aromatic heterocycles. The molecule has 0 aliphatic carbocycles. The fourth-order valence-electron chi connectivity index (χ4n) is 2.42. The number of methoxy groups -OCH3 is 1. The molecule has 26 heavy (non-hydrogen) atoms. The van der Waals surface area contributed by atoms with Crippen molar-refractivity contribution in [2.24, 2.45) is 4.99 Å². The zero-order valence-corrected chi connectivity index (χ0v) is 15.7. The lowest BCUT2D eigenvalue weighted by Gasteiger charge is -2.11. The first-order valence-electron chi connectivity index (χ1n) is 9.08. The Bertz CT molecular complexity index is 642. The second kappa shape index (κ2) is 11.9. The van der Waals surface area contributed by atoms with Crippen molar-refractivity contribution in [3.8, 4) is 5.75 Å². The van der Waals surface area contributed by atoms with E-state index >= 15 is 0 Å². The van der Waals surface area contributed by atoms with Crippen LogP contribution in [0.1, 0.15) is 18.1 Å². The fourth-order valence-corrected chi connectivity index (χ4v) is 2.42. The summed E-state index contributed by atoms with van der Waals surface area (Å²) in [4.78, 5) is 4.65. The van der Waals surface area contributed by atoms with E-state index < -0.39 is 0 Å². The third-order valence-corrected chi connectivity index (χ3v) is 3.79. The van der Waals surface area contributed by atoms with Gasteiger partial charge in [0.2, 0.25) is 0 Å². The van der Waals surface area contributed by atoms with Crippen LogP contribution in [0.3, 0.4) is 0 Å². The maximum absolute atomic E-state index is 5.58. The molecule has 0 bridgehead atoms. The molecule has 2 rings (SSSR count). The van der Waals surface area contributed by atoms with Gasteiger partial charge in [0.1, 0.15) is 12.4 Å². The summed E-state index contributed by atoms with van der Waals surface area (Å²) in [6, 6.07) is 18.5. The average molecular weight is 355 g/mol. The summed E-state index contributed by atoms with van der Waals surface area (Å²) in [6.07, 6.45) is 0.971. The standard InChI is InChI=1S/C21H29N3O2/c1-3-22-21(23-14-13-18-7-5-4-6-8-18)24-17-19-9-11-20(12-10-19)26-16-15-25-2/h4-12H,3,13-17H2,1-2H3,(H2,22,23,24). The Morgan fingerprint density at radius 2 is 1.69 bits per heavy atom. The van der Waals surface area contributed by atoms with Crippen molar-refractivity contribution in [3.05, 3.63) is 65.7 Å². The first kappa shape index (κ1) is 19.8. The highest BCUT2D eigenvalue weighted by Gasteiger charge is 1.99. The molecule has 0 unspecified atom stereocenters. The van der Waals surface area contributed by atoms with Crippen molar-refractivity contribution < 1.29 is 9.47 Å². The lowest BCUT2D eigenvalue weighted by molar-refractivity contribution is 0.146. The van der Waals surface area contributed by atoms with E-state index in [4.69, 9.17) is 9.47 Å². The van der Waals surface area contributed by atoms with E-state index in [-0.39, 0.29) is 0 Å². The van der Waals surface area contributed by atoms with Gasteiger partial charge in [0, 0.05) is 20.2 Å². The number of hydrogen-bond donors (Lipinski definition) is 2. The monoisotopic (exact) mass is 355 g/mol. The minimum Gasteiger partial charge on any atom is -0.491 e. The molecule has 0 aliphatic heterocycles. The molecule has 5 heteroatoms. The largest absolute Gasteiger partial charge is 0.491 e. The van der Waals surface area contributed by atoms with Crippen LogP contribution in [0.5, 0.6) is 5.75 Å². The number of nitrogens with one attached hydrogen (secondary N) is 2. The number of nitrogens with zero attached hydrogens (tertiary/aromatic N) is 1. The molecule has 0 heterocycles. The first-order valence-corrected chi connectivity index (χ1v) is 9.08. The average Bonchev–Trinajstić information content (AvgIpc) is 2.68. The smallest absolute Gasteiger partial charge is 0.191 e. The molecule has 0 spiro atoms. The van der Waals surface area contributed by atoms with Crippen LogP contribution in [0, 0.1) is 0 Å². The van der Waals surface area contributed by atoms with E-state index in [9.17, 15) is 0 Å². The first-order chi connectivity index (χ1) is 12.8. The van der Waals surface area contributed by atoms with Crippen LogP contribution in [-0.2, 0) is 17.7 Å². The predicted octanol–water partition coefficient (Wildman–Crippen LogP) is 3.01. The summed E-state index contributed by atoms with van der Waals surface area (Å²) in [6.45, 7) is 5.53. The molecule has 0 aliphatic rings. The van der Waals surface area contributed by atoms with Crippen molar-refractivity contribution in [2.75, 3.05) is 33.4 Å². The molecule has 2 N–H and O–H groups in total. The Balaban J connectivity index is 1.81. The normalized spacial score (nSPS) is 11.2. The molecule has 2 aromatic carbocycles. The van der Waals surface area contributed by atoms with E-state index in [1.54, 1.807) is 7.11 Å². The highest BCUT2D eigenvalue weighted by atomic mass is 16.5. The molecule has 140 valence electrons. The SMILES string of the molecule is CCNC(=NCc1ccc(OCCOC)cc1)NCCc1ccccc1. The third kappa shape index (κ3) is 7.57. The molecular weight excluding hydrogens is 326 g/mol. The molecule has 5 nitrogen and oxygen atoms in total. The van der Waals surface area contributed by atoms with Gasteiger partial charge in [-0.05, 0) is 36.6 Å². The molecular formula is C21H29N3O2. The number of rotatable bonds is 10. The maximum atomic E-state index is 5.58. The Morgan fingerprint density at radius 3 is 2.38 bits per heavy atom. The maximum Gasteiger partial charge on any atom is 0.191 e. The minimum absolute atomic E-state index is 0.559. The van der Waals surface area contributed by atoms with E-state index in [0.29, 0.717) is 19.8 Å². The van der Waals surface area contributed by atoms with Gasteiger partial charge in [-0.2, -0.15) is 0 Å². The zero-order chi connectivity index (χ0) is 18.5. The lowest BCUT2D eigenvalue weighted by atomic mass is 10.1. The summed E-state index contributed by atoms with van der Waals surface area (Å²) < 4.78 is 10.6. The highest BCUT2D eigenvalue weighted by Crippen LogP contribution is 2.12. The van der Waals surface area contributed by atoms with Crippen molar-refractivity contribution in [2.45, 2.75) is 19.9 Å². The molecule has 0 saturated carbocycles. The molecule has 2 aromatic rings. The second-order valence-corrected chi connectivity index (χ2v) is 5.84. The number of hydrogen-bond acceptors (Lipinski definition) is 3. The predicted molar refractivity (Wildman–Crippen MR) is 107 cm³/mol. The number of guanidine groups is 1. The molecule has 0 radical (unpaired) electrons. The highest BCUT2D eigenvalue weighted by molar-refractivity contribution is 5.79. The van der Waals surface area contributed by atoms with E-state index in [0.717, 1.165) is 36.8 Å². The Kier molecular flexibility index (Phi) is 9.08. The molecule has 0 amide bonds. The van der Waals surface area contributed by atoms with Gasteiger partial charge >= 0.3 is 0 Å². The van der Waals surface area contributed by atoms with Crippen molar-refractivity contribution >= 4 is 5.96 Å². The molecule has 0 fully saturated rings. The van der Waals surface area contributed by atoms with Gasteiger partial charge < -0.3 is 20.1 Å². The quantitative estimate of drug-likeness (QED) is 0.391. The van der Waals surface area contributed by atoms with Crippen LogP contribution < -0.4 is 15.4 Å². The van der Waals surface area contributed by atoms with Crippen molar-refractivity contribution in [1.82, 2.24) is 10.6 Å². The van der Waals surface area contributed by atoms with E-state index in [1.165, 1.54) is 5.56 Å². The van der Waals surface area contributed by atoms with Gasteiger partial charge in [0.15, 0.2) is 5.96 Å². The van der Waals surface area contributed by atoms with Crippen LogP contribution in [0.15, 0.2) is 59.6 Å². The Labute approximate surface area is 156 Å². The van der Waals surface area contributed by atoms with Gasteiger partial charge in [-0.25, -0.2) is 4.99 Å². The number of aliphatic imine (C=N–C) groups is 1. The summed E-state index contributed by atoms with van der Waals surface area (Å²) in [5, 5.41) is 6.67. The third-order valence-electron chi connectivity index (χ3n) is 3.79. The molecule has 0 saturated heterocycles. The molecule has 0 atom stereocenters. The Morgan fingerprint density at radius 1 is 0.923 bits per heavy atom. The topological polar surface area (TPSA) is 54.9 Å². The van der Waals surface area contributed by atoms with Gasteiger partial charge in [0.05, 0.1) is 13.2 Å². The van der Waals surface area contributed by atoms with E-state index in [2.05, 4.69) is 46.8 Å². The van der Waals surface area contributed by atoms with Crippen LogP contribution in [0.2, 0.25) is 0 Å². The zero-order valence-electron chi connectivity index (χ0n) is 15.7. The lowest BCUT2D eigenvalue weighted by Crippen LogP contribution is -2.38. The van der Waals surface area contributed by atoms with Crippen LogP contribution in [0.4, 0.5) is 0 Å². The Hall–Kier alpha value is -2.53. The van der Waals surface area contributed by atoms with Gasteiger partial charge in [0.25, 0.3) is 0 Å². The van der Waals surface area contributed by atoms with Gasteiger partial charge in [-0.15, -0.1) is 0 Å². The van der Waals surface area contributed by atoms with Gasteiger partial charge in [-0.3, -0.25) is 0 Å². The van der Waals surface area contributed by atoms with Crippen LogP contribution >= 0.6 is 0 Å². The second-order valence-electron chi connectivity index (χ2n) is 5.84. The van der Waals surface area contributed by atoms with Crippen LogP contribution in [-0.4, -0.2) is 39.4 Å². The number of ether oxygens (including phenoxy) is 2. The van der Waals surface area contributed by atoms with Crippen molar-refractivity contribution in [1.29, 1.82) is 0 Å². The fraction of sp³-hybridized carbons (Fsp3) is 0.381. The summed E-state index contributed by atoms with van der Waals surface area (Å²) in [7, 11) is 1.67.